The third-order valence-corrected chi connectivity index (χ3v) is 2.56. The second-order valence-electron chi connectivity index (χ2n) is 3.70. The summed E-state index contributed by atoms with van der Waals surface area (Å²) in [5.74, 6) is -0.0584. The van der Waals surface area contributed by atoms with Crippen molar-refractivity contribution < 1.29 is 9.53 Å². The van der Waals surface area contributed by atoms with E-state index < -0.39 is 0 Å². The van der Waals surface area contributed by atoms with Crippen LogP contribution < -0.4 is 5.32 Å². The number of methoxy groups -OCH3 is 1. The summed E-state index contributed by atoms with van der Waals surface area (Å²) < 4.78 is 4.95. The molecule has 0 spiro atoms. The largest absolute Gasteiger partial charge is 0.385 e. The van der Waals surface area contributed by atoms with Crippen molar-refractivity contribution in [2.24, 2.45) is 0 Å². The molecule has 1 N–H and O–H groups in total. The first-order valence-electron chi connectivity index (χ1n) is 5.22. The summed E-state index contributed by atoms with van der Waals surface area (Å²) in [4.78, 5) is 12.6. The summed E-state index contributed by atoms with van der Waals surface area (Å²) in [5, 5.41) is 2.91. The van der Waals surface area contributed by atoms with Crippen LogP contribution in [-0.4, -0.2) is 25.7 Å². The van der Waals surface area contributed by atoms with Crippen molar-refractivity contribution >= 4 is 18.5 Å². The Morgan fingerprint density at radius 1 is 1.44 bits per heavy atom. The van der Waals surface area contributed by atoms with E-state index in [1.165, 1.54) is 0 Å². The Hall–Kier alpha value is -1.00. The predicted molar refractivity (Wildman–Crippen MR) is 67.1 cm³/mol. The van der Waals surface area contributed by atoms with Gasteiger partial charge in [0.2, 0.25) is 0 Å². The van der Waals surface area contributed by atoms with Crippen LogP contribution >= 0.6 is 12.6 Å². The summed E-state index contributed by atoms with van der Waals surface area (Å²) in [6.45, 7) is 2.61. The van der Waals surface area contributed by atoms with Crippen LogP contribution in [0.25, 0.3) is 0 Å². The van der Waals surface area contributed by atoms with Crippen molar-refractivity contribution in [2.45, 2.75) is 24.3 Å². The topological polar surface area (TPSA) is 38.3 Å². The maximum atomic E-state index is 11.8. The van der Waals surface area contributed by atoms with E-state index in [4.69, 9.17) is 4.74 Å². The standard InChI is InChI=1S/C12H17NO2S/c1-9(7-8-15-2)13-12(14)10-3-5-11(16)6-4-10/h3-6,9,16H,7-8H2,1-2H3,(H,13,14). The molecule has 0 aliphatic carbocycles. The smallest absolute Gasteiger partial charge is 0.251 e. The van der Waals surface area contributed by atoms with Gasteiger partial charge in [0, 0.05) is 30.2 Å². The molecule has 0 radical (unpaired) electrons. The van der Waals surface area contributed by atoms with E-state index in [0.29, 0.717) is 12.2 Å². The summed E-state index contributed by atoms with van der Waals surface area (Å²) in [6.07, 6.45) is 0.812. The number of rotatable bonds is 5. The number of carbonyl (C=O) groups is 1. The van der Waals surface area contributed by atoms with Crippen molar-refractivity contribution in [3.8, 4) is 0 Å². The minimum atomic E-state index is -0.0584. The third kappa shape index (κ3) is 4.24. The highest BCUT2D eigenvalue weighted by Crippen LogP contribution is 2.08. The molecule has 1 atom stereocenters. The fourth-order valence-electron chi connectivity index (χ4n) is 1.29. The third-order valence-electron chi connectivity index (χ3n) is 2.26. The average molecular weight is 239 g/mol. The molecule has 16 heavy (non-hydrogen) atoms. The van der Waals surface area contributed by atoms with Gasteiger partial charge < -0.3 is 10.1 Å². The van der Waals surface area contributed by atoms with Crippen molar-refractivity contribution in [3.05, 3.63) is 29.8 Å². The molecule has 0 fully saturated rings. The lowest BCUT2D eigenvalue weighted by molar-refractivity contribution is 0.0929. The van der Waals surface area contributed by atoms with Gasteiger partial charge in [0.15, 0.2) is 0 Å². The Kier molecular flexibility index (Phi) is 5.35. The fraction of sp³-hybridized carbons (Fsp3) is 0.417. The van der Waals surface area contributed by atoms with E-state index in [1.54, 1.807) is 31.4 Å². The number of hydrogen-bond acceptors (Lipinski definition) is 3. The van der Waals surface area contributed by atoms with Crippen molar-refractivity contribution in [3.63, 3.8) is 0 Å². The van der Waals surface area contributed by atoms with Crippen LogP contribution in [-0.2, 0) is 4.74 Å². The van der Waals surface area contributed by atoms with Crippen LogP contribution in [0.15, 0.2) is 29.2 Å². The Bertz CT molecular complexity index is 337. The highest BCUT2D eigenvalue weighted by Gasteiger charge is 2.08. The summed E-state index contributed by atoms with van der Waals surface area (Å²) in [7, 11) is 1.65. The number of hydrogen-bond donors (Lipinski definition) is 2. The fourth-order valence-corrected chi connectivity index (χ4v) is 1.44. The molecule has 0 bridgehead atoms. The van der Waals surface area contributed by atoms with Gasteiger partial charge in [0.05, 0.1) is 0 Å². The lowest BCUT2D eigenvalue weighted by Crippen LogP contribution is -2.33. The van der Waals surface area contributed by atoms with Gasteiger partial charge in [-0.2, -0.15) is 0 Å². The minimum Gasteiger partial charge on any atom is -0.385 e. The zero-order valence-corrected chi connectivity index (χ0v) is 10.5. The maximum absolute atomic E-state index is 11.8. The average Bonchev–Trinajstić information content (AvgIpc) is 2.27. The van der Waals surface area contributed by atoms with E-state index in [-0.39, 0.29) is 11.9 Å². The van der Waals surface area contributed by atoms with Crippen molar-refractivity contribution in [1.82, 2.24) is 5.32 Å². The summed E-state index contributed by atoms with van der Waals surface area (Å²) in [5.41, 5.74) is 0.655. The molecule has 4 heteroatoms. The zero-order valence-electron chi connectivity index (χ0n) is 9.56. The molecular formula is C12H17NO2S. The van der Waals surface area contributed by atoms with Gasteiger partial charge in [0.25, 0.3) is 5.91 Å². The van der Waals surface area contributed by atoms with Gasteiger partial charge in [-0.1, -0.05) is 0 Å². The monoisotopic (exact) mass is 239 g/mol. The second kappa shape index (κ2) is 6.55. The van der Waals surface area contributed by atoms with Crippen molar-refractivity contribution in [2.75, 3.05) is 13.7 Å². The van der Waals surface area contributed by atoms with Crippen LogP contribution in [0, 0.1) is 0 Å². The number of thiol groups is 1. The van der Waals surface area contributed by atoms with Gasteiger partial charge in [-0.3, -0.25) is 4.79 Å². The van der Waals surface area contributed by atoms with Crippen molar-refractivity contribution in [1.29, 1.82) is 0 Å². The van der Waals surface area contributed by atoms with Crippen LogP contribution in [0.1, 0.15) is 23.7 Å². The molecule has 0 aliphatic heterocycles. The molecule has 1 aromatic carbocycles. The molecular weight excluding hydrogens is 222 g/mol. The Morgan fingerprint density at radius 3 is 2.62 bits per heavy atom. The van der Waals surface area contributed by atoms with Crippen LogP contribution in [0.5, 0.6) is 0 Å². The van der Waals surface area contributed by atoms with E-state index in [9.17, 15) is 4.79 Å². The van der Waals surface area contributed by atoms with E-state index >= 15 is 0 Å². The molecule has 0 aromatic heterocycles. The van der Waals surface area contributed by atoms with Gasteiger partial charge in [-0.15, -0.1) is 12.6 Å². The minimum absolute atomic E-state index is 0.0584. The number of ether oxygens (including phenoxy) is 1. The Morgan fingerprint density at radius 2 is 2.06 bits per heavy atom. The van der Waals surface area contributed by atoms with Gasteiger partial charge in [-0.25, -0.2) is 0 Å². The molecule has 0 saturated heterocycles. The molecule has 0 saturated carbocycles. The van der Waals surface area contributed by atoms with Crippen LogP contribution in [0.3, 0.4) is 0 Å². The second-order valence-corrected chi connectivity index (χ2v) is 4.22. The van der Waals surface area contributed by atoms with Gasteiger partial charge in [0.1, 0.15) is 0 Å². The normalized spacial score (nSPS) is 12.2. The first-order valence-corrected chi connectivity index (χ1v) is 5.67. The number of carbonyl (C=O) groups excluding carboxylic acids is 1. The summed E-state index contributed by atoms with van der Waals surface area (Å²) in [6, 6.07) is 7.25. The molecule has 88 valence electrons. The molecule has 1 unspecified atom stereocenters. The maximum Gasteiger partial charge on any atom is 0.251 e. The molecule has 1 amide bonds. The number of amides is 1. The quantitative estimate of drug-likeness (QED) is 0.773. The number of benzene rings is 1. The number of nitrogens with one attached hydrogen (secondary N) is 1. The Balaban J connectivity index is 2.48. The van der Waals surface area contributed by atoms with Crippen LogP contribution in [0.4, 0.5) is 0 Å². The molecule has 0 aliphatic rings. The lowest BCUT2D eigenvalue weighted by Gasteiger charge is -2.13. The highest BCUT2D eigenvalue weighted by atomic mass is 32.1. The van der Waals surface area contributed by atoms with Gasteiger partial charge >= 0.3 is 0 Å². The SMILES string of the molecule is COCCC(C)NC(=O)c1ccc(S)cc1. The molecule has 3 nitrogen and oxygen atoms in total. The van der Waals surface area contributed by atoms with E-state index in [0.717, 1.165) is 11.3 Å². The molecule has 0 heterocycles. The predicted octanol–water partition coefficient (Wildman–Crippen LogP) is 2.13. The Labute approximate surface area is 102 Å². The summed E-state index contributed by atoms with van der Waals surface area (Å²) >= 11 is 4.17. The lowest BCUT2D eigenvalue weighted by atomic mass is 10.2. The van der Waals surface area contributed by atoms with E-state index in [1.807, 2.05) is 6.92 Å². The van der Waals surface area contributed by atoms with E-state index in [2.05, 4.69) is 17.9 Å². The highest BCUT2D eigenvalue weighted by molar-refractivity contribution is 7.80. The van der Waals surface area contributed by atoms with Crippen LogP contribution in [0.2, 0.25) is 0 Å². The van der Waals surface area contributed by atoms with Gasteiger partial charge in [-0.05, 0) is 37.6 Å². The first-order chi connectivity index (χ1) is 7.63. The molecule has 1 rings (SSSR count). The molecule has 1 aromatic rings. The zero-order chi connectivity index (χ0) is 12.0. The first kappa shape index (κ1) is 13.1.